The van der Waals surface area contributed by atoms with Gasteiger partial charge in [-0.05, 0) is 18.4 Å². The molecule has 1 fully saturated rings. The Morgan fingerprint density at radius 3 is 3.22 bits per heavy atom. The lowest BCUT2D eigenvalue weighted by molar-refractivity contribution is -0.143. The maximum Gasteiger partial charge on any atom is 0.341 e. The minimum absolute atomic E-state index is 0.0823. The van der Waals surface area contributed by atoms with Crippen molar-refractivity contribution in [3.05, 3.63) is 24.1 Å². The van der Waals surface area contributed by atoms with E-state index in [4.69, 9.17) is 14.6 Å². The number of carboxylic acid groups (broad SMARTS) is 1. The van der Waals surface area contributed by atoms with Gasteiger partial charge >= 0.3 is 5.97 Å². The molecule has 2 heterocycles. The summed E-state index contributed by atoms with van der Waals surface area (Å²) in [6, 6.07) is 0. The summed E-state index contributed by atoms with van der Waals surface area (Å²) in [7, 11) is 0. The third-order valence-corrected chi connectivity index (χ3v) is 2.72. The van der Waals surface area contributed by atoms with Crippen molar-refractivity contribution in [2.75, 3.05) is 26.3 Å². The molecule has 2 unspecified atom stereocenters. The number of morpholine rings is 1. The van der Waals surface area contributed by atoms with Crippen LogP contribution in [0.1, 0.15) is 0 Å². The summed E-state index contributed by atoms with van der Waals surface area (Å²) in [5.41, 5.74) is 0. The highest BCUT2D eigenvalue weighted by atomic mass is 19.1. The summed E-state index contributed by atoms with van der Waals surface area (Å²) in [4.78, 5) is 10.5. The van der Waals surface area contributed by atoms with Crippen molar-refractivity contribution in [2.45, 2.75) is 11.9 Å². The number of carbonyl (C=O) groups is 1. The minimum Gasteiger partial charge on any atom is -0.481 e. The lowest BCUT2D eigenvalue weighted by Gasteiger charge is -2.38. The fourth-order valence-corrected chi connectivity index (χ4v) is 1.86. The van der Waals surface area contributed by atoms with Crippen LogP contribution in [-0.2, 0) is 14.3 Å². The second-order valence-electron chi connectivity index (χ2n) is 3.99. The Labute approximate surface area is 103 Å². The van der Waals surface area contributed by atoms with E-state index in [2.05, 4.69) is 10.6 Å². The van der Waals surface area contributed by atoms with Gasteiger partial charge < -0.3 is 25.2 Å². The standard InChI is InChI=1S/C11H15FN2O4/c12-11(9-6-13-4-5-17-9)8(2-1-3-14-11)18-7-10(15)16/h1-3,9,13-14H,4-7H2,(H,15,16). The first kappa shape index (κ1) is 12.8. The maximum atomic E-state index is 14.9. The van der Waals surface area contributed by atoms with Crippen LogP contribution < -0.4 is 10.6 Å². The van der Waals surface area contributed by atoms with E-state index in [1.807, 2.05) is 0 Å². The maximum absolute atomic E-state index is 14.9. The van der Waals surface area contributed by atoms with Gasteiger partial charge in [0.1, 0.15) is 6.10 Å². The molecule has 1 saturated heterocycles. The molecule has 100 valence electrons. The van der Waals surface area contributed by atoms with Crippen molar-refractivity contribution in [3.63, 3.8) is 0 Å². The lowest BCUT2D eigenvalue weighted by Crippen LogP contribution is -2.59. The Kier molecular flexibility index (Phi) is 3.83. The van der Waals surface area contributed by atoms with Crippen molar-refractivity contribution in [1.82, 2.24) is 10.6 Å². The number of nitrogens with one attached hydrogen (secondary N) is 2. The van der Waals surface area contributed by atoms with E-state index in [-0.39, 0.29) is 5.76 Å². The van der Waals surface area contributed by atoms with Crippen molar-refractivity contribution in [2.24, 2.45) is 0 Å². The number of ether oxygens (including phenoxy) is 2. The molecule has 0 aromatic carbocycles. The summed E-state index contributed by atoms with van der Waals surface area (Å²) >= 11 is 0. The van der Waals surface area contributed by atoms with E-state index in [1.54, 1.807) is 6.08 Å². The number of alkyl halides is 1. The van der Waals surface area contributed by atoms with Crippen molar-refractivity contribution >= 4 is 5.97 Å². The molecule has 0 spiro atoms. The molecule has 7 heteroatoms. The highest BCUT2D eigenvalue weighted by Crippen LogP contribution is 2.29. The molecule has 6 nitrogen and oxygen atoms in total. The Bertz CT molecular complexity index is 379. The van der Waals surface area contributed by atoms with Crippen LogP contribution in [0.3, 0.4) is 0 Å². The number of hydrogen-bond acceptors (Lipinski definition) is 5. The van der Waals surface area contributed by atoms with Crippen LogP contribution in [0.5, 0.6) is 0 Å². The molecule has 0 aliphatic carbocycles. The predicted molar refractivity (Wildman–Crippen MR) is 60.4 cm³/mol. The Balaban J connectivity index is 2.10. The summed E-state index contributed by atoms with van der Waals surface area (Å²) in [5, 5.41) is 14.1. The van der Waals surface area contributed by atoms with Gasteiger partial charge in [-0.25, -0.2) is 9.18 Å². The van der Waals surface area contributed by atoms with E-state index >= 15 is 0 Å². The van der Waals surface area contributed by atoms with E-state index in [9.17, 15) is 9.18 Å². The van der Waals surface area contributed by atoms with Crippen LogP contribution in [0.4, 0.5) is 4.39 Å². The van der Waals surface area contributed by atoms with Gasteiger partial charge in [-0.3, -0.25) is 0 Å². The van der Waals surface area contributed by atoms with E-state index in [1.165, 1.54) is 12.3 Å². The Morgan fingerprint density at radius 1 is 1.72 bits per heavy atom. The molecule has 3 N–H and O–H groups in total. The molecule has 0 radical (unpaired) electrons. The molecule has 2 atom stereocenters. The molecule has 0 amide bonds. The first-order valence-electron chi connectivity index (χ1n) is 5.64. The van der Waals surface area contributed by atoms with Crippen LogP contribution in [0.2, 0.25) is 0 Å². The number of halogens is 1. The normalized spacial score (nSPS) is 31.4. The molecule has 0 aromatic heterocycles. The first-order valence-corrected chi connectivity index (χ1v) is 5.64. The van der Waals surface area contributed by atoms with Gasteiger partial charge in [-0.1, -0.05) is 0 Å². The average molecular weight is 258 g/mol. The van der Waals surface area contributed by atoms with E-state index in [0.717, 1.165) is 0 Å². The van der Waals surface area contributed by atoms with Crippen LogP contribution in [0.25, 0.3) is 0 Å². The number of carboxylic acids is 1. The summed E-state index contributed by atoms with van der Waals surface area (Å²) in [5.74, 6) is -3.28. The van der Waals surface area contributed by atoms with Gasteiger partial charge in [0.05, 0.1) is 6.61 Å². The highest BCUT2D eigenvalue weighted by molar-refractivity contribution is 5.68. The highest BCUT2D eigenvalue weighted by Gasteiger charge is 2.46. The molecular formula is C11H15FN2O4. The molecule has 2 rings (SSSR count). The smallest absolute Gasteiger partial charge is 0.341 e. The molecule has 18 heavy (non-hydrogen) atoms. The molecule has 2 aliphatic rings. The van der Waals surface area contributed by atoms with E-state index in [0.29, 0.717) is 19.7 Å². The summed E-state index contributed by atoms with van der Waals surface area (Å²) in [6.45, 7) is 0.795. The van der Waals surface area contributed by atoms with Crippen molar-refractivity contribution in [1.29, 1.82) is 0 Å². The minimum atomic E-state index is -2.04. The zero-order valence-corrected chi connectivity index (χ0v) is 9.69. The fourth-order valence-electron chi connectivity index (χ4n) is 1.86. The number of dihydropyridines is 1. The second kappa shape index (κ2) is 5.36. The van der Waals surface area contributed by atoms with Crippen molar-refractivity contribution < 1.29 is 23.8 Å². The third kappa shape index (κ3) is 2.62. The Hall–Kier alpha value is -1.60. The van der Waals surface area contributed by atoms with Crippen LogP contribution in [0, 0.1) is 0 Å². The molecule has 0 saturated carbocycles. The van der Waals surface area contributed by atoms with Gasteiger partial charge in [0.2, 0.25) is 0 Å². The van der Waals surface area contributed by atoms with Gasteiger partial charge in [0.25, 0.3) is 5.79 Å². The predicted octanol–water partition coefficient (Wildman–Crippen LogP) is -0.257. The molecule has 0 aromatic rings. The summed E-state index contributed by atoms with van der Waals surface area (Å²) < 4.78 is 25.2. The molecule has 2 aliphatic heterocycles. The molecule has 0 bridgehead atoms. The van der Waals surface area contributed by atoms with Crippen LogP contribution in [-0.4, -0.2) is 49.3 Å². The monoisotopic (exact) mass is 258 g/mol. The molecular weight excluding hydrogens is 243 g/mol. The third-order valence-electron chi connectivity index (χ3n) is 2.72. The zero-order valence-electron chi connectivity index (χ0n) is 9.69. The van der Waals surface area contributed by atoms with Gasteiger partial charge in [0.15, 0.2) is 12.4 Å². The lowest BCUT2D eigenvalue weighted by atomic mass is 10.0. The van der Waals surface area contributed by atoms with E-state index < -0.39 is 24.5 Å². The Morgan fingerprint density at radius 2 is 2.56 bits per heavy atom. The number of allylic oxidation sites excluding steroid dienone is 2. The first-order chi connectivity index (χ1) is 8.63. The second-order valence-corrected chi connectivity index (χ2v) is 3.99. The van der Waals surface area contributed by atoms with Gasteiger partial charge in [-0.15, -0.1) is 0 Å². The van der Waals surface area contributed by atoms with Gasteiger partial charge in [-0.2, -0.15) is 0 Å². The zero-order chi connectivity index (χ0) is 13.0. The van der Waals surface area contributed by atoms with Crippen molar-refractivity contribution in [3.8, 4) is 0 Å². The average Bonchev–Trinajstić information content (AvgIpc) is 2.39. The largest absolute Gasteiger partial charge is 0.481 e. The van der Waals surface area contributed by atoms with Crippen LogP contribution in [0.15, 0.2) is 24.1 Å². The number of hydrogen-bond donors (Lipinski definition) is 3. The quantitative estimate of drug-likeness (QED) is 0.603. The van der Waals surface area contributed by atoms with Crippen LogP contribution >= 0.6 is 0 Å². The SMILES string of the molecule is O=C(O)COC1=CC=CNC1(F)C1CNCCO1. The summed E-state index contributed by atoms with van der Waals surface area (Å²) in [6.07, 6.45) is 3.62. The number of rotatable bonds is 4. The topological polar surface area (TPSA) is 79.8 Å². The number of aliphatic carboxylic acids is 1. The fraction of sp³-hybridized carbons (Fsp3) is 0.545. The van der Waals surface area contributed by atoms with Gasteiger partial charge in [0, 0.05) is 13.1 Å².